The van der Waals surface area contributed by atoms with Gasteiger partial charge in [0.1, 0.15) is 17.2 Å². The summed E-state index contributed by atoms with van der Waals surface area (Å²) in [6, 6.07) is 18.7. The van der Waals surface area contributed by atoms with E-state index in [1.165, 1.54) is 0 Å². The molecule has 0 atom stereocenters. The van der Waals surface area contributed by atoms with E-state index < -0.39 is 0 Å². The number of nitrogens with one attached hydrogen (secondary N) is 1. The molecule has 1 amide bonds. The molecule has 3 rings (SSSR count). The van der Waals surface area contributed by atoms with Gasteiger partial charge in [-0.25, -0.2) is 5.43 Å². The number of hydrogen-bond acceptors (Lipinski definition) is 5. The summed E-state index contributed by atoms with van der Waals surface area (Å²) in [4.78, 5) is 11.9. The molecule has 0 aliphatic rings. The fraction of sp³-hybridized carbons (Fsp3) is 0.143. The van der Waals surface area contributed by atoms with Crippen LogP contribution in [0.1, 0.15) is 5.56 Å². The molecule has 0 bridgehead atoms. The van der Waals surface area contributed by atoms with Crippen molar-refractivity contribution in [1.29, 1.82) is 0 Å². The van der Waals surface area contributed by atoms with Gasteiger partial charge in [0.2, 0.25) is 0 Å². The lowest BCUT2D eigenvalue weighted by Gasteiger charge is -2.08. The molecule has 27 heavy (non-hydrogen) atoms. The summed E-state index contributed by atoms with van der Waals surface area (Å²) in [6.07, 6.45) is 1.58. The standard InChI is InChI=1S/C21H20N2O4/c1-25-16-8-10-17(11-9-16)27-14-21(24)23-22-13-19-18-6-4-3-5-15(18)7-12-20(19)26-2/h3-13H,14H2,1-2H3,(H,23,24)/b22-13+. The van der Waals surface area contributed by atoms with E-state index in [4.69, 9.17) is 14.2 Å². The number of fused-ring (bicyclic) bond motifs is 1. The maximum absolute atomic E-state index is 11.9. The Hall–Kier alpha value is -3.54. The van der Waals surface area contributed by atoms with E-state index >= 15 is 0 Å². The molecule has 0 unspecified atom stereocenters. The summed E-state index contributed by atoms with van der Waals surface area (Å²) in [6.45, 7) is -0.143. The maximum Gasteiger partial charge on any atom is 0.277 e. The van der Waals surface area contributed by atoms with Gasteiger partial charge in [0.15, 0.2) is 6.61 Å². The average molecular weight is 364 g/mol. The zero-order valence-corrected chi connectivity index (χ0v) is 15.1. The molecule has 1 N–H and O–H groups in total. The van der Waals surface area contributed by atoms with E-state index in [9.17, 15) is 4.79 Å². The Morgan fingerprint density at radius 1 is 0.963 bits per heavy atom. The van der Waals surface area contributed by atoms with Gasteiger partial charge in [-0.1, -0.05) is 30.3 Å². The Balaban J connectivity index is 1.63. The van der Waals surface area contributed by atoms with Crippen LogP contribution >= 0.6 is 0 Å². The summed E-state index contributed by atoms with van der Waals surface area (Å²) in [5, 5.41) is 6.09. The first-order valence-electron chi connectivity index (χ1n) is 8.36. The molecule has 0 aliphatic heterocycles. The molecule has 0 heterocycles. The van der Waals surface area contributed by atoms with Crippen LogP contribution in [0.5, 0.6) is 17.2 Å². The molecule has 0 aromatic heterocycles. The first-order chi connectivity index (χ1) is 13.2. The minimum Gasteiger partial charge on any atom is -0.497 e. The van der Waals surface area contributed by atoms with Crippen molar-refractivity contribution in [2.24, 2.45) is 5.10 Å². The normalized spacial score (nSPS) is 10.7. The van der Waals surface area contributed by atoms with Crippen LogP contribution in [0.15, 0.2) is 65.8 Å². The van der Waals surface area contributed by atoms with Crippen molar-refractivity contribution in [2.45, 2.75) is 0 Å². The number of ether oxygens (including phenoxy) is 3. The number of benzene rings is 3. The molecule has 3 aromatic rings. The Morgan fingerprint density at radius 3 is 2.44 bits per heavy atom. The minimum atomic E-state index is -0.360. The predicted molar refractivity (Wildman–Crippen MR) is 105 cm³/mol. The Kier molecular flexibility index (Phi) is 5.89. The Labute approximate surface area is 157 Å². The Bertz CT molecular complexity index is 952. The summed E-state index contributed by atoms with van der Waals surface area (Å²) in [5.41, 5.74) is 3.26. The number of hydrazone groups is 1. The monoisotopic (exact) mass is 364 g/mol. The Morgan fingerprint density at radius 2 is 1.70 bits per heavy atom. The third kappa shape index (κ3) is 4.55. The quantitative estimate of drug-likeness (QED) is 0.515. The van der Waals surface area contributed by atoms with Crippen molar-refractivity contribution >= 4 is 22.9 Å². The van der Waals surface area contributed by atoms with Gasteiger partial charge in [-0.05, 0) is 41.1 Å². The molecule has 0 saturated carbocycles. The van der Waals surface area contributed by atoms with Crippen LogP contribution in [0, 0.1) is 0 Å². The van der Waals surface area contributed by atoms with Gasteiger partial charge in [-0.2, -0.15) is 5.10 Å². The van der Waals surface area contributed by atoms with Gasteiger partial charge in [0, 0.05) is 5.56 Å². The van der Waals surface area contributed by atoms with Crippen LogP contribution in [0.2, 0.25) is 0 Å². The van der Waals surface area contributed by atoms with Gasteiger partial charge in [-0.3, -0.25) is 4.79 Å². The summed E-state index contributed by atoms with van der Waals surface area (Å²) in [7, 11) is 3.19. The van der Waals surface area contributed by atoms with Crippen LogP contribution in [-0.4, -0.2) is 32.9 Å². The van der Waals surface area contributed by atoms with E-state index in [1.807, 2.05) is 36.4 Å². The zero-order chi connectivity index (χ0) is 19.1. The minimum absolute atomic E-state index is 0.143. The third-order valence-corrected chi connectivity index (χ3v) is 3.96. The molecule has 0 fully saturated rings. The summed E-state index contributed by atoms with van der Waals surface area (Å²) in [5.74, 6) is 1.62. The molecule has 0 radical (unpaired) electrons. The molecular formula is C21H20N2O4. The van der Waals surface area contributed by atoms with Gasteiger partial charge in [-0.15, -0.1) is 0 Å². The number of hydrogen-bond donors (Lipinski definition) is 1. The van der Waals surface area contributed by atoms with Crippen molar-refractivity contribution in [3.8, 4) is 17.2 Å². The van der Waals surface area contributed by atoms with E-state index in [2.05, 4.69) is 10.5 Å². The van der Waals surface area contributed by atoms with Gasteiger partial charge in [0.05, 0.1) is 20.4 Å². The molecule has 0 aliphatic carbocycles. The highest BCUT2D eigenvalue weighted by molar-refractivity contribution is 6.02. The summed E-state index contributed by atoms with van der Waals surface area (Å²) >= 11 is 0. The smallest absolute Gasteiger partial charge is 0.277 e. The van der Waals surface area contributed by atoms with Crippen molar-refractivity contribution in [1.82, 2.24) is 5.43 Å². The van der Waals surface area contributed by atoms with Crippen LogP contribution in [0.3, 0.4) is 0 Å². The van der Waals surface area contributed by atoms with Crippen LogP contribution in [0.4, 0.5) is 0 Å². The number of rotatable bonds is 7. The van der Waals surface area contributed by atoms with Crippen molar-refractivity contribution < 1.29 is 19.0 Å². The van der Waals surface area contributed by atoms with Gasteiger partial charge >= 0.3 is 0 Å². The molecule has 138 valence electrons. The zero-order valence-electron chi connectivity index (χ0n) is 15.1. The second-order valence-electron chi connectivity index (χ2n) is 5.66. The number of amides is 1. The van der Waals surface area contributed by atoms with Gasteiger partial charge < -0.3 is 14.2 Å². The molecule has 6 heteroatoms. The van der Waals surface area contributed by atoms with Crippen LogP contribution in [-0.2, 0) is 4.79 Å². The SMILES string of the molecule is COc1ccc(OCC(=O)N/N=C/c2c(OC)ccc3ccccc23)cc1. The van der Waals surface area contributed by atoms with Crippen molar-refractivity contribution in [3.63, 3.8) is 0 Å². The van der Waals surface area contributed by atoms with Crippen LogP contribution < -0.4 is 19.6 Å². The second kappa shape index (κ2) is 8.71. The number of nitrogens with zero attached hydrogens (tertiary/aromatic N) is 1. The highest BCUT2D eigenvalue weighted by Gasteiger charge is 2.06. The van der Waals surface area contributed by atoms with E-state index in [1.54, 1.807) is 44.7 Å². The molecular weight excluding hydrogens is 344 g/mol. The lowest BCUT2D eigenvalue weighted by Crippen LogP contribution is -2.24. The van der Waals surface area contributed by atoms with E-state index in [0.717, 1.165) is 22.1 Å². The number of methoxy groups -OCH3 is 2. The lowest BCUT2D eigenvalue weighted by atomic mass is 10.0. The van der Waals surface area contributed by atoms with Gasteiger partial charge in [0.25, 0.3) is 5.91 Å². The molecule has 3 aromatic carbocycles. The average Bonchev–Trinajstić information content (AvgIpc) is 2.72. The first-order valence-corrected chi connectivity index (χ1v) is 8.36. The second-order valence-corrected chi connectivity index (χ2v) is 5.66. The van der Waals surface area contributed by atoms with Crippen molar-refractivity contribution in [3.05, 3.63) is 66.2 Å². The van der Waals surface area contributed by atoms with Crippen LogP contribution in [0.25, 0.3) is 10.8 Å². The highest BCUT2D eigenvalue weighted by atomic mass is 16.5. The first kappa shape index (κ1) is 18.3. The fourth-order valence-corrected chi connectivity index (χ4v) is 2.61. The van der Waals surface area contributed by atoms with E-state index in [0.29, 0.717) is 11.5 Å². The highest BCUT2D eigenvalue weighted by Crippen LogP contribution is 2.26. The predicted octanol–water partition coefficient (Wildman–Crippen LogP) is 3.39. The molecule has 0 saturated heterocycles. The lowest BCUT2D eigenvalue weighted by molar-refractivity contribution is -0.123. The number of carbonyl (C=O) groups is 1. The number of carbonyl (C=O) groups excluding carboxylic acids is 1. The van der Waals surface area contributed by atoms with Crippen molar-refractivity contribution in [2.75, 3.05) is 20.8 Å². The summed E-state index contributed by atoms with van der Waals surface area (Å²) < 4.78 is 15.9. The largest absolute Gasteiger partial charge is 0.497 e. The third-order valence-electron chi connectivity index (χ3n) is 3.96. The fourth-order valence-electron chi connectivity index (χ4n) is 2.61. The molecule has 0 spiro atoms. The van der Waals surface area contributed by atoms with E-state index in [-0.39, 0.29) is 12.5 Å². The topological polar surface area (TPSA) is 69.2 Å². The molecule has 6 nitrogen and oxygen atoms in total. The maximum atomic E-state index is 11.9.